The van der Waals surface area contributed by atoms with Gasteiger partial charge in [0.25, 0.3) is 0 Å². The molecule has 1 N–H and O–H groups in total. The van der Waals surface area contributed by atoms with Gasteiger partial charge in [-0.3, -0.25) is 4.79 Å². The number of carboxylic acids is 1. The summed E-state index contributed by atoms with van der Waals surface area (Å²) in [6.45, 7) is 0.648. The van der Waals surface area contributed by atoms with E-state index in [9.17, 15) is 17.6 Å². The highest BCUT2D eigenvalue weighted by atomic mass is 32.2. The summed E-state index contributed by atoms with van der Waals surface area (Å²) in [6.07, 6.45) is 1.14. The molecule has 1 aromatic carbocycles. The third-order valence-electron chi connectivity index (χ3n) is 3.45. The van der Waals surface area contributed by atoms with E-state index in [4.69, 9.17) is 5.11 Å². The van der Waals surface area contributed by atoms with Gasteiger partial charge < -0.3 is 5.11 Å². The number of carboxylic acid groups (broad SMARTS) is 1. The van der Waals surface area contributed by atoms with E-state index < -0.39 is 21.8 Å². The summed E-state index contributed by atoms with van der Waals surface area (Å²) in [5.41, 5.74) is 0. The molecule has 0 aromatic heterocycles. The molecule has 1 aliphatic rings. The summed E-state index contributed by atoms with van der Waals surface area (Å²) < 4.78 is 39.0. The van der Waals surface area contributed by atoms with Gasteiger partial charge >= 0.3 is 5.97 Å². The molecular formula is C13H16FNO4S. The van der Waals surface area contributed by atoms with E-state index in [0.717, 1.165) is 6.07 Å². The average molecular weight is 301 g/mol. The molecule has 2 rings (SSSR count). The van der Waals surface area contributed by atoms with Crippen molar-refractivity contribution in [2.75, 3.05) is 13.1 Å². The Balaban J connectivity index is 2.07. The lowest BCUT2D eigenvalue weighted by atomic mass is 10.0. The molecule has 1 fully saturated rings. The van der Waals surface area contributed by atoms with Crippen LogP contribution in [0.1, 0.15) is 19.3 Å². The van der Waals surface area contributed by atoms with Gasteiger partial charge in [-0.05, 0) is 37.0 Å². The van der Waals surface area contributed by atoms with Crippen molar-refractivity contribution in [2.24, 2.45) is 5.92 Å². The number of hydrogen-bond acceptors (Lipinski definition) is 3. The molecule has 5 nitrogen and oxygen atoms in total. The SMILES string of the molecule is O=C(O)CCC1CCN(S(=O)(=O)c2cccc(F)c2)C1. The third-order valence-corrected chi connectivity index (χ3v) is 5.31. The van der Waals surface area contributed by atoms with Crippen LogP contribution < -0.4 is 0 Å². The number of rotatable bonds is 5. The quantitative estimate of drug-likeness (QED) is 0.898. The molecule has 0 radical (unpaired) electrons. The van der Waals surface area contributed by atoms with Crippen LogP contribution in [-0.2, 0) is 14.8 Å². The summed E-state index contributed by atoms with van der Waals surface area (Å²) in [7, 11) is -3.69. The summed E-state index contributed by atoms with van der Waals surface area (Å²) in [5, 5.41) is 8.63. The number of aliphatic carboxylic acids is 1. The number of benzene rings is 1. The molecule has 1 aliphatic heterocycles. The number of nitrogens with zero attached hydrogens (tertiary/aromatic N) is 1. The van der Waals surface area contributed by atoms with Gasteiger partial charge in [0.2, 0.25) is 10.0 Å². The summed E-state index contributed by atoms with van der Waals surface area (Å²) >= 11 is 0. The zero-order valence-corrected chi connectivity index (χ0v) is 11.6. The fraction of sp³-hybridized carbons (Fsp3) is 0.462. The Morgan fingerprint density at radius 1 is 1.45 bits per heavy atom. The van der Waals surface area contributed by atoms with Crippen molar-refractivity contribution in [3.8, 4) is 0 Å². The summed E-state index contributed by atoms with van der Waals surface area (Å²) in [4.78, 5) is 10.5. The second-order valence-corrected chi connectivity index (χ2v) is 6.85. The Labute approximate surface area is 117 Å². The first-order valence-electron chi connectivity index (χ1n) is 6.37. The molecule has 1 heterocycles. The first-order chi connectivity index (χ1) is 9.39. The van der Waals surface area contributed by atoms with E-state index in [1.54, 1.807) is 0 Å². The van der Waals surface area contributed by atoms with Crippen molar-refractivity contribution in [3.63, 3.8) is 0 Å². The summed E-state index contributed by atoms with van der Waals surface area (Å²) in [5.74, 6) is -1.42. The smallest absolute Gasteiger partial charge is 0.303 e. The fourth-order valence-corrected chi connectivity index (χ4v) is 3.92. The van der Waals surface area contributed by atoms with E-state index in [-0.39, 0.29) is 17.2 Å². The topological polar surface area (TPSA) is 74.7 Å². The summed E-state index contributed by atoms with van der Waals surface area (Å²) in [6, 6.07) is 4.92. The minimum atomic E-state index is -3.69. The predicted molar refractivity (Wildman–Crippen MR) is 70.1 cm³/mol. The number of sulfonamides is 1. The Kier molecular flexibility index (Phi) is 4.39. The van der Waals surface area contributed by atoms with E-state index in [0.29, 0.717) is 25.9 Å². The van der Waals surface area contributed by atoms with Gasteiger partial charge in [-0.15, -0.1) is 0 Å². The molecule has 20 heavy (non-hydrogen) atoms. The molecule has 110 valence electrons. The molecule has 0 bridgehead atoms. The van der Waals surface area contributed by atoms with Gasteiger partial charge in [0.15, 0.2) is 0 Å². The van der Waals surface area contributed by atoms with Crippen LogP contribution in [0.25, 0.3) is 0 Å². The molecule has 1 unspecified atom stereocenters. The van der Waals surface area contributed by atoms with Crippen LogP contribution in [0.2, 0.25) is 0 Å². The lowest BCUT2D eigenvalue weighted by Gasteiger charge is -2.16. The lowest BCUT2D eigenvalue weighted by molar-refractivity contribution is -0.137. The highest BCUT2D eigenvalue weighted by Gasteiger charge is 2.32. The van der Waals surface area contributed by atoms with Gasteiger partial charge in [0.1, 0.15) is 5.82 Å². The van der Waals surface area contributed by atoms with Crippen LogP contribution in [0.5, 0.6) is 0 Å². The molecule has 0 amide bonds. The van der Waals surface area contributed by atoms with Gasteiger partial charge in [0.05, 0.1) is 4.90 Å². The van der Waals surface area contributed by atoms with Crippen LogP contribution in [0.3, 0.4) is 0 Å². The normalized spacial score (nSPS) is 20.1. The van der Waals surface area contributed by atoms with E-state index in [1.165, 1.54) is 22.5 Å². The Morgan fingerprint density at radius 2 is 2.20 bits per heavy atom. The van der Waals surface area contributed by atoms with Crippen molar-refractivity contribution in [3.05, 3.63) is 30.1 Å². The Morgan fingerprint density at radius 3 is 2.85 bits per heavy atom. The van der Waals surface area contributed by atoms with E-state index in [2.05, 4.69) is 0 Å². The van der Waals surface area contributed by atoms with Crippen LogP contribution in [0, 0.1) is 11.7 Å². The maximum Gasteiger partial charge on any atom is 0.303 e. The number of hydrogen-bond donors (Lipinski definition) is 1. The number of halogens is 1. The Hall–Kier alpha value is -1.47. The van der Waals surface area contributed by atoms with Crippen molar-refractivity contribution in [2.45, 2.75) is 24.2 Å². The molecule has 1 aromatic rings. The molecule has 0 saturated carbocycles. The molecule has 0 spiro atoms. The molecule has 1 saturated heterocycles. The van der Waals surface area contributed by atoms with Crippen molar-refractivity contribution in [1.29, 1.82) is 0 Å². The average Bonchev–Trinajstić information content (AvgIpc) is 2.86. The first kappa shape index (κ1) is 14.9. The molecular weight excluding hydrogens is 285 g/mol. The highest BCUT2D eigenvalue weighted by molar-refractivity contribution is 7.89. The van der Waals surface area contributed by atoms with E-state index >= 15 is 0 Å². The van der Waals surface area contributed by atoms with Crippen LogP contribution in [0.15, 0.2) is 29.2 Å². The van der Waals surface area contributed by atoms with Crippen LogP contribution in [0.4, 0.5) is 4.39 Å². The minimum absolute atomic E-state index is 0.0402. The van der Waals surface area contributed by atoms with Crippen LogP contribution >= 0.6 is 0 Å². The minimum Gasteiger partial charge on any atom is -0.481 e. The lowest BCUT2D eigenvalue weighted by Crippen LogP contribution is -2.29. The standard InChI is InChI=1S/C13H16FNO4S/c14-11-2-1-3-12(8-11)20(18,19)15-7-6-10(9-15)4-5-13(16)17/h1-3,8,10H,4-7,9H2,(H,16,17). The zero-order valence-electron chi connectivity index (χ0n) is 10.8. The maximum absolute atomic E-state index is 13.1. The highest BCUT2D eigenvalue weighted by Crippen LogP contribution is 2.27. The second kappa shape index (κ2) is 5.88. The molecule has 0 aliphatic carbocycles. The van der Waals surface area contributed by atoms with Crippen molar-refractivity contribution in [1.82, 2.24) is 4.31 Å². The van der Waals surface area contributed by atoms with Gasteiger partial charge in [-0.25, -0.2) is 12.8 Å². The zero-order chi connectivity index (χ0) is 14.8. The van der Waals surface area contributed by atoms with Gasteiger partial charge in [-0.2, -0.15) is 4.31 Å². The van der Waals surface area contributed by atoms with Gasteiger partial charge in [-0.1, -0.05) is 6.07 Å². The van der Waals surface area contributed by atoms with E-state index in [1.807, 2.05) is 0 Å². The molecule has 7 heteroatoms. The monoisotopic (exact) mass is 301 g/mol. The first-order valence-corrected chi connectivity index (χ1v) is 7.81. The van der Waals surface area contributed by atoms with Crippen molar-refractivity contribution >= 4 is 16.0 Å². The fourth-order valence-electron chi connectivity index (χ4n) is 2.36. The number of carbonyl (C=O) groups is 1. The van der Waals surface area contributed by atoms with Crippen LogP contribution in [-0.4, -0.2) is 36.9 Å². The maximum atomic E-state index is 13.1. The Bertz CT molecular complexity index is 602. The van der Waals surface area contributed by atoms with Crippen molar-refractivity contribution < 1.29 is 22.7 Å². The third kappa shape index (κ3) is 3.34. The van der Waals surface area contributed by atoms with Gasteiger partial charge in [0, 0.05) is 19.5 Å². The molecule has 1 atom stereocenters. The largest absolute Gasteiger partial charge is 0.481 e. The predicted octanol–water partition coefficient (Wildman–Crippen LogP) is 1.70. The second-order valence-electron chi connectivity index (χ2n) is 4.91.